The Morgan fingerprint density at radius 1 is 1.17 bits per heavy atom. The molecule has 0 spiro atoms. The Labute approximate surface area is 130 Å². The molecule has 2 rings (SSSR count). The van der Waals surface area contributed by atoms with Gasteiger partial charge in [-0.2, -0.15) is 22.0 Å². The van der Waals surface area contributed by atoms with E-state index in [0.29, 0.717) is 13.2 Å². The van der Waals surface area contributed by atoms with Crippen LogP contribution in [0.5, 0.6) is 0 Å². The number of morpholine rings is 1. The lowest BCUT2D eigenvalue weighted by Crippen LogP contribution is -2.55. The minimum Gasteiger partial charge on any atom is -0.374 e. The monoisotopic (exact) mass is 345 g/mol. The van der Waals surface area contributed by atoms with Crippen molar-refractivity contribution in [1.29, 1.82) is 0 Å². The van der Waals surface area contributed by atoms with Gasteiger partial charge in [0, 0.05) is 6.54 Å². The molecule has 2 atom stereocenters. The molecule has 1 aliphatic carbocycles. The first kappa shape index (κ1) is 18.4. The standard InChI is InChI=1S/C14H20F5NO3/c15-13(16,14(17,18)19)9-22-7-5-12(21)20-6-8-23-11-4-2-1-3-10(11)20/h10-11H,1-9H2/t10-,11+/m0/s1. The summed E-state index contributed by atoms with van der Waals surface area (Å²) in [5, 5.41) is 0. The topological polar surface area (TPSA) is 38.8 Å². The molecule has 4 nitrogen and oxygen atoms in total. The van der Waals surface area contributed by atoms with Gasteiger partial charge in [-0.1, -0.05) is 12.8 Å². The van der Waals surface area contributed by atoms with Gasteiger partial charge in [0.2, 0.25) is 5.91 Å². The van der Waals surface area contributed by atoms with Crippen molar-refractivity contribution in [3.63, 3.8) is 0 Å². The molecule has 1 saturated carbocycles. The van der Waals surface area contributed by atoms with E-state index in [2.05, 4.69) is 4.74 Å². The zero-order valence-electron chi connectivity index (χ0n) is 12.6. The zero-order chi connectivity index (χ0) is 17.1. The first-order chi connectivity index (χ1) is 10.7. The molecule has 0 radical (unpaired) electrons. The first-order valence-electron chi connectivity index (χ1n) is 7.66. The molecule has 0 N–H and O–H groups in total. The second-order valence-electron chi connectivity index (χ2n) is 5.85. The van der Waals surface area contributed by atoms with E-state index in [9.17, 15) is 26.7 Å². The fraction of sp³-hybridized carbons (Fsp3) is 0.929. The van der Waals surface area contributed by atoms with Gasteiger partial charge in [0.05, 0.1) is 31.8 Å². The molecule has 9 heteroatoms. The number of hydrogen-bond donors (Lipinski definition) is 0. The van der Waals surface area contributed by atoms with Gasteiger partial charge >= 0.3 is 12.1 Å². The van der Waals surface area contributed by atoms with Crippen LogP contribution in [-0.2, 0) is 14.3 Å². The summed E-state index contributed by atoms with van der Waals surface area (Å²) in [6, 6.07) is -0.0263. The maximum atomic E-state index is 12.7. The van der Waals surface area contributed by atoms with Crippen molar-refractivity contribution in [3.05, 3.63) is 0 Å². The van der Waals surface area contributed by atoms with Crippen LogP contribution in [0.25, 0.3) is 0 Å². The van der Waals surface area contributed by atoms with Crippen molar-refractivity contribution < 1.29 is 36.2 Å². The van der Waals surface area contributed by atoms with Gasteiger partial charge < -0.3 is 14.4 Å². The fourth-order valence-electron chi connectivity index (χ4n) is 2.99. The van der Waals surface area contributed by atoms with Crippen LogP contribution < -0.4 is 0 Å². The van der Waals surface area contributed by atoms with Gasteiger partial charge in [-0.3, -0.25) is 4.79 Å². The van der Waals surface area contributed by atoms with Gasteiger partial charge in [0.1, 0.15) is 6.61 Å². The normalized spacial score (nSPS) is 26.0. The summed E-state index contributed by atoms with van der Waals surface area (Å²) in [6.07, 6.45) is -2.13. The molecule has 2 fully saturated rings. The summed E-state index contributed by atoms with van der Waals surface area (Å²) in [7, 11) is 0. The number of halogens is 5. The lowest BCUT2D eigenvalue weighted by molar-refractivity contribution is -0.296. The highest BCUT2D eigenvalue weighted by Crippen LogP contribution is 2.35. The molecule has 134 valence electrons. The van der Waals surface area contributed by atoms with Crippen LogP contribution in [0.4, 0.5) is 22.0 Å². The number of fused-ring (bicyclic) bond motifs is 1. The van der Waals surface area contributed by atoms with Crippen molar-refractivity contribution in [2.45, 2.75) is 56.3 Å². The average Bonchev–Trinajstić information content (AvgIpc) is 2.49. The van der Waals surface area contributed by atoms with Crippen LogP contribution in [0.2, 0.25) is 0 Å². The molecule has 0 aromatic rings. The summed E-state index contributed by atoms with van der Waals surface area (Å²) in [5.41, 5.74) is 0. The number of nitrogens with zero attached hydrogens (tertiary/aromatic N) is 1. The van der Waals surface area contributed by atoms with Crippen molar-refractivity contribution in [2.24, 2.45) is 0 Å². The summed E-state index contributed by atoms with van der Waals surface area (Å²) >= 11 is 0. The molecule has 23 heavy (non-hydrogen) atoms. The Hall–Kier alpha value is -0.960. The minimum atomic E-state index is -5.64. The first-order valence-corrected chi connectivity index (χ1v) is 7.66. The summed E-state index contributed by atoms with van der Waals surface area (Å²) in [6.45, 7) is -1.39. The van der Waals surface area contributed by atoms with Gasteiger partial charge in [0.15, 0.2) is 0 Å². The summed E-state index contributed by atoms with van der Waals surface area (Å²) in [5.74, 6) is -5.19. The highest BCUT2D eigenvalue weighted by Gasteiger charge is 2.57. The quantitative estimate of drug-likeness (QED) is 0.568. The van der Waals surface area contributed by atoms with Crippen molar-refractivity contribution in [1.82, 2.24) is 4.90 Å². The van der Waals surface area contributed by atoms with E-state index in [1.165, 1.54) is 0 Å². The maximum absolute atomic E-state index is 12.7. The number of hydrogen-bond acceptors (Lipinski definition) is 3. The van der Waals surface area contributed by atoms with Crippen LogP contribution in [0, 0.1) is 0 Å². The second-order valence-corrected chi connectivity index (χ2v) is 5.85. The molecule has 0 aromatic heterocycles. The number of carbonyl (C=O) groups is 1. The van der Waals surface area contributed by atoms with Crippen molar-refractivity contribution in [3.8, 4) is 0 Å². The van der Waals surface area contributed by atoms with Gasteiger partial charge in [0.25, 0.3) is 0 Å². The molecule has 0 bridgehead atoms. The Kier molecular flexibility index (Phi) is 5.83. The molecule has 1 heterocycles. The van der Waals surface area contributed by atoms with Crippen molar-refractivity contribution in [2.75, 3.05) is 26.4 Å². The van der Waals surface area contributed by atoms with E-state index in [0.717, 1.165) is 25.7 Å². The lowest BCUT2D eigenvalue weighted by Gasteiger charge is -2.43. The lowest BCUT2D eigenvalue weighted by atomic mass is 9.90. The molecule has 0 aromatic carbocycles. The second kappa shape index (κ2) is 7.29. The average molecular weight is 345 g/mol. The summed E-state index contributed by atoms with van der Waals surface area (Å²) in [4.78, 5) is 13.8. The van der Waals surface area contributed by atoms with E-state index in [1.807, 2.05) is 0 Å². The van der Waals surface area contributed by atoms with Gasteiger partial charge in [-0.15, -0.1) is 0 Å². The Bertz CT molecular complexity index is 414. The molecule has 2 aliphatic rings. The number of amides is 1. The number of carbonyl (C=O) groups excluding carboxylic acids is 1. The molecular weight excluding hydrogens is 325 g/mol. The van der Waals surface area contributed by atoms with E-state index in [4.69, 9.17) is 4.74 Å². The van der Waals surface area contributed by atoms with E-state index in [1.54, 1.807) is 4.90 Å². The molecule has 1 amide bonds. The van der Waals surface area contributed by atoms with Crippen LogP contribution in [0.3, 0.4) is 0 Å². The Morgan fingerprint density at radius 2 is 1.87 bits per heavy atom. The predicted octanol–water partition coefficient (Wildman–Crippen LogP) is 2.76. The largest absolute Gasteiger partial charge is 0.455 e. The summed E-state index contributed by atoms with van der Waals surface area (Å²) < 4.78 is 71.3. The SMILES string of the molecule is O=C(CCOCC(F)(F)C(F)(F)F)N1CCO[C@@H]2CCCC[C@@H]21. The predicted molar refractivity (Wildman–Crippen MR) is 70.1 cm³/mol. The van der Waals surface area contributed by atoms with E-state index in [-0.39, 0.29) is 24.5 Å². The third-order valence-electron chi connectivity index (χ3n) is 4.21. The van der Waals surface area contributed by atoms with Crippen LogP contribution in [-0.4, -0.2) is 61.4 Å². The highest BCUT2D eigenvalue weighted by molar-refractivity contribution is 5.76. The molecule has 1 saturated heterocycles. The zero-order valence-corrected chi connectivity index (χ0v) is 12.6. The van der Waals surface area contributed by atoms with Crippen LogP contribution in [0.15, 0.2) is 0 Å². The minimum absolute atomic E-state index is 0.00284. The Morgan fingerprint density at radius 3 is 2.57 bits per heavy atom. The molecule has 0 unspecified atom stereocenters. The van der Waals surface area contributed by atoms with E-state index < -0.39 is 25.3 Å². The maximum Gasteiger partial charge on any atom is 0.455 e. The number of rotatable bonds is 5. The fourth-order valence-corrected chi connectivity index (χ4v) is 2.99. The van der Waals surface area contributed by atoms with Crippen molar-refractivity contribution >= 4 is 5.91 Å². The Balaban J connectivity index is 1.76. The third kappa shape index (κ3) is 4.53. The smallest absolute Gasteiger partial charge is 0.374 e. The van der Waals surface area contributed by atoms with Crippen LogP contribution in [0.1, 0.15) is 32.1 Å². The third-order valence-corrected chi connectivity index (χ3v) is 4.21. The number of ether oxygens (including phenoxy) is 2. The molecule has 1 aliphatic heterocycles. The highest BCUT2D eigenvalue weighted by atomic mass is 19.4. The number of alkyl halides is 5. The van der Waals surface area contributed by atoms with Gasteiger partial charge in [-0.05, 0) is 12.8 Å². The van der Waals surface area contributed by atoms with Gasteiger partial charge in [-0.25, -0.2) is 0 Å². The van der Waals surface area contributed by atoms with E-state index >= 15 is 0 Å². The van der Waals surface area contributed by atoms with Crippen LogP contribution >= 0.6 is 0 Å². The molecular formula is C14H20F5NO3.